The molecule has 4 atom stereocenters. The first-order valence-electron chi connectivity index (χ1n) is 28.5. The second-order valence-electron chi connectivity index (χ2n) is 21.5. The third kappa shape index (κ3) is 20.9. The van der Waals surface area contributed by atoms with Gasteiger partial charge in [0, 0.05) is 31.6 Å². The van der Waals surface area contributed by atoms with Crippen molar-refractivity contribution >= 4 is 53.7 Å². The highest BCUT2D eigenvalue weighted by atomic mass is 16.6. The van der Waals surface area contributed by atoms with Crippen LogP contribution in [0.3, 0.4) is 0 Å². The van der Waals surface area contributed by atoms with Crippen LogP contribution in [0.1, 0.15) is 111 Å². The molecule has 4 amide bonds. The Morgan fingerprint density at radius 3 is 1.17 bits per heavy atom. The number of esters is 5. The lowest BCUT2D eigenvalue weighted by Crippen LogP contribution is -2.56. The van der Waals surface area contributed by atoms with Crippen molar-refractivity contribution in [2.45, 2.75) is 134 Å². The Kier molecular flexibility index (Phi) is 24.1. The lowest BCUT2D eigenvalue weighted by atomic mass is 9.98. The molecule has 0 spiro atoms. The third-order valence-electron chi connectivity index (χ3n) is 13.7. The van der Waals surface area contributed by atoms with Crippen LogP contribution in [0.15, 0.2) is 170 Å². The summed E-state index contributed by atoms with van der Waals surface area (Å²) in [5.74, 6) is -7.02. The van der Waals surface area contributed by atoms with Crippen LogP contribution in [-0.4, -0.2) is 90.0 Å². The average molecular weight is 1170 g/mol. The second kappa shape index (κ2) is 32.4. The Hall–Kier alpha value is -9.65. The zero-order valence-corrected chi connectivity index (χ0v) is 48.4. The first-order valence-corrected chi connectivity index (χ1v) is 28.5. The second-order valence-corrected chi connectivity index (χ2v) is 21.5. The van der Waals surface area contributed by atoms with E-state index in [2.05, 4.69) is 21.3 Å². The number of hydrogen-bond acceptors (Lipinski definition) is 15. The molecule has 6 aromatic rings. The van der Waals surface area contributed by atoms with Gasteiger partial charge in [0.25, 0.3) is 0 Å². The van der Waals surface area contributed by atoms with Crippen molar-refractivity contribution in [2.75, 3.05) is 6.61 Å². The monoisotopic (exact) mass is 1170 g/mol. The molecular weight excluding hydrogens is 1100 g/mol. The number of carbonyl (C=O) groups is 9. The van der Waals surface area contributed by atoms with Crippen molar-refractivity contribution in [1.29, 1.82) is 0 Å². The molecule has 4 unspecified atom stereocenters. The van der Waals surface area contributed by atoms with E-state index in [1.165, 1.54) is 0 Å². The minimum Gasteiger partial charge on any atom is -0.461 e. The predicted octanol–water partition coefficient (Wildman–Crippen LogP) is 8.78. The van der Waals surface area contributed by atoms with E-state index in [9.17, 15) is 43.2 Å². The molecule has 0 aliphatic heterocycles. The molecule has 1 aliphatic carbocycles. The quantitative estimate of drug-likeness (QED) is 0.0243. The van der Waals surface area contributed by atoms with Crippen LogP contribution in [-0.2, 0) is 93.2 Å². The number of hydrogen-bond donors (Lipinski definition) is 4. The molecule has 1 aliphatic rings. The first kappa shape index (κ1) is 63.9. The van der Waals surface area contributed by atoms with E-state index >= 15 is 0 Å². The van der Waals surface area contributed by atoms with Gasteiger partial charge < -0.3 is 49.7 Å². The number of carbonyl (C=O) groups excluding carboxylic acids is 9. The highest BCUT2D eigenvalue weighted by molar-refractivity contribution is 5.94. The van der Waals surface area contributed by atoms with E-state index in [0.717, 1.165) is 27.8 Å². The molecule has 19 nitrogen and oxygen atoms in total. The topological polar surface area (TPSA) is 257 Å². The molecule has 6 aromatic carbocycles. The van der Waals surface area contributed by atoms with E-state index in [0.29, 0.717) is 16.7 Å². The summed E-state index contributed by atoms with van der Waals surface area (Å²) < 4.78 is 33.4. The lowest BCUT2D eigenvalue weighted by Gasteiger charge is -2.26. The standard InChI is InChI=1S/C67H72N4O15/c1-67(2,3)86-61(75)39-33-55(71-66(80)85-44-53-51-30-18-16-28-49(51)50-29-17-19-31-52(50)53)63(77)69-54(62(76)70-57(65(79)84-43-48-26-14-7-15-27-48)35-38-60(74)82-41-46-22-10-5-11-23-46)32-36-58(72)68-56(64(78)83-42-47-24-12-6-13-25-47)34-37-59(73)81-40-45-20-8-4-9-21-45/h4-31,53-57H,32-44H2,1-3H3,(H,68,72)(H,69,77)(H,70,76)(H,71,80). The molecule has 0 saturated carbocycles. The van der Waals surface area contributed by atoms with E-state index < -0.39 is 96.3 Å². The normalized spacial score (nSPS) is 12.9. The third-order valence-corrected chi connectivity index (χ3v) is 13.7. The largest absolute Gasteiger partial charge is 0.461 e. The molecule has 0 heterocycles. The number of amides is 4. The molecule has 0 bridgehead atoms. The zero-order valence-electron chi connectivity index (χ0n) is 48.4. The van der Waals surface area contributed by atoms with Crippen LogP contribution < -0.4 is 21.3 Å². The van der Waals surface area contributed by atoms with E-state index in [4.69, 9.17) is 28.4 Å². The van der Waals surface area contributed by atoms with Crippen LogP contribution in [0.4, 0.5) is 4.79 Å². The fraction of sp³-hybridized carbons (Fsp3) is 0.328. The van der Waals surface area contributed by atoms with Crippen LogP contribution in [0.2, 0.25) is 0 Å². The van der Waals surface area contributed by atoms with Crippen molar-refractivity contribution in [3.8, 4) is 11.1 Å². The number of benzene rings is 6. The summed E-state index contributed by atoms with van der Waals surface area (Å²) in [5, 5.41) is 10.4. The predicted molar refractivity (Wildman–Crippen MR) is 316 cm³/mol. The van der Waals surface area contributed by atoms with Gasteiger partial charge in [0.2, 0.25) is 17.7 Å². The van der Waals surface area contributed by atoms with Crippen molar-refractivity contribution in [2.24, 2.45) is 0 Å². The Labute approximate surface area is 499 Å². The summed E-state index contributed by atoms with van der Waals surface area (Å²) in [6.45, 7) is 4.42. The van der Waals surface area contributed by atoms with Gasteiger partial charge in [0.1, 0.15) is 62.8 Å². The van der Waals surface area contributed by atoms with Crippen molar-refractivity contribution in [1.82, 2.24) is 21.3 Å². The number of rotatable bonds is 30. The van der Waals surface area contributed by atoms with Gasteiger partial charge in [-0.2, -0.15) is 0 Å². The molecular formula is C67H72N4O15. The maximum absolute atomic E-state index is 14.8. The molecule has 7 rings (SSSR count). The number of nitrogens with one attached hydrogen (secondary N) is 4. The van der Waals surface area contributed by atoms with Crippen molar-refractivity contribution < 1.29 is 71.6 Å². The van der Waals surface area contributed by atoms with Gasteiger partial charge >= 0.3 is 35.9 Å². The molecule has 19 heteroatoms. The SMILES string of the molecule is CC(C)(C)OC(=O)CCC(NC(=O)OCC1c2ccccc2-c2ccccc21)C(=O)NC(CCC(=O)NC(CCC(=O)OCc1ccccc1)C(=O)OCc1ccccc1)C(=O)NC(CCC(=O)OCc1ccccc1)C(=O)OCc1ccccc1. The van der Waals surface area contributed by atoms with E-state index in [-0.39, 0.29) is 77.5 Å². The maximum atomic E-state index is 14.8. The number of ether oxygens (including phenoxy) is 6. The summed E-state index contributed by atoms with van der Waals surface area (Å²) >= 11 is 0. The van der Waals surface area contributed by atoms with Crippen LogP contribution >= 0.6 is 0 Å². The highest BCUT2D eigenvalue weighted by Gasteiger charge is 2.34. The van der Waals surface area contributed by atoms with Crippen LogP contribution in [0.5, 0.6) is 0 Å². The smallest absolute Gasteiger partial charge is 0.407 e. The number of fused-ring (bicyclic) bond motifs is 3. The summed E-state index contributed by atoms with van der Waals surface area (Å²) in [4.78, 5) is 124. The maximum Gasteiger partial charge on any atom is 0.407 e. The highest BCUT2D eigenvalue weighted by Crippen LogP contribution is 2.44. The lowest BCUT2D eigenvalue weighted by molar-refractivity contribution is -0.155. The van der Waals surface area contributed by atoms with Gasteiger partial charge in [-0.1, -0.05) is 170 Å². The summed E-state index contributed by atoms with van der Waals surface area (Å²) in [5.41, 5.74) is 5.65. The fourth-order valence-electron chi connectivity index (χ4n) is 9.36. The Morgan fingerprint density at radius 2 is 0.733 bits per heavy atom. The molecule has 0 aromatic heterocycles. The minimum atomic E-state index is -1.69. The minimum absolute atomic E-state index is 0.0304. The average Bonchev–Trinajstić information content (AvgIpc) is 1.91. The molecule has 4 N–H and O–H groups in total. The Bertz CT molecular complexity index is 3200. The number of alkyl carbamates (subject to hydrolysis) is 1. The van der Waals surface area contributed by atoms with Gasteiger partial charge in [-0.3, -0.25) is 28.8 Å². The first-order chi connectivity index (χ1) is 41.5. The fourth-order valence-corrected chi connectivity index (χ4v) is 9.36. The van der Waals surface area contributed by atoms with Gasteiger partial charge in [0.05, 0.1) is 0 Å². The van der Waals surface area contributed by atoms with Crippen molar-refractivity contribution in [3.05, 3.63) is 203 Å². The van der Waals surface area contributed by atoms with Gasteiger partial charge in [-0.15, -0.1) is 0 Å². The van der Waals surface area contributed by atoms with E-state index in [1.807, 2.05) is 60.7 Å². The van der Waals surface area contributed by atoms with Crippen molar-refractivity contribution in [3.63, 3.8) is 0 Å². The van der Waals surface area contributed by atoms with Gasteiger partial charge in [-0.05, 0) is 91.0 Å². The van der Waals surface area contributed by atoms with E-state index in [1.54, 1.807) is 130 Å². The summed E-state index contributed by atoms with van der Waals surface area (Å²) in [6, 6.07) is 44.6. The summed E-state index contributed by atoms with van der Waals surface area (Å²) in [7, 11) is 0. The molecule has 0 fully saturated rings. The van der Waals surface area contributed by atoms with Gasteiger partial charge in [-0.25, -0.2) is 14.4 Å². The molecule has 86 heavy (non-hydrogen) atoms. The van der Waals surface area contributed by atoms with Crippen LogP contribution in [0, 0.1) is 0 Å². The molecule has 0 saturated heterocycles. The van der Waals surface area contributed by atoms with Gasteiger partial charge in [0.15, 0.2) is 0 Å². The van der Waals surface area contributed by atoms with Crippen LogP contribution in [0.25, 0.3) is 11.1 Å². The zero-order chi connectivity index (χ0) is 61.3. The molecule has 0 radical (unpaired) electrons. The molecule has 450 valence electrons. The summed E-state index contributed by atoms with van der Waals surface area (Å²) in [6.07, 6.45) is -4.04. The Balaban J connectivity index is 1.11. The Morgan fingerprint density at radius 1 is 0.384 bits per heavy atom.